The zero-order valence-corrected chi connectivity index (χ0v) is 12.3. The molecule has 1 aromatic rings. The van der Waals surface area contributed by atoms with Crippen molar-refractivity contribution in [1.29, 1.82) is 0 Å². The zero-order valence-electron chi connectivity index (χ0n) is 10.7. The zero-order chi connectivity index (χ0) is 14.7. The fourth-order valence-electron chi connectivity index (χ4n) is 2.57. The Hall–Kier alpha value is -1.43. The monoisotopic (exact) mass is 343 g/mol. The summed E-state index contributed by atoms with van der Waals surface area (Å²) in [6.45, 7) is 0.338. The molecule has 1 aromatic carbocycles. The highest BCUT2D eigenvalue weighted by Gasteiger charge is 2.32. The molecule has 0 saturated heterocycles. The van der Waals surface area contributed by atoms with E-state index in [1.807, 2.05) is 0 Å². The molecule has 6 heteroatoms. The third-order valence-corrected chi connectivity index (χ3v) is 4.29. The third-order valence-electron chi connectivity index (χ3n) is 3.68. The molecule has 2 rings (SSSR count). The van der Waals surface area contributed by atoms with Gasteiger partial charge in [0.1, 0.15) is 5.82 Å². The lowest BCUT2D eigenvalue weighted by atomic mass is 9.96. The van der Waals surface area contributed by atoms with Gasteiger partial charge in [0.15, 0.2) is 0 Å². The van der Waals surface area contributed by atoms with Gasteiger partial charge in [0, 0.05) is 12.1 Å². The summed E-state index contributed by atoms with van der Waals surface area (Å²) < 4.78 is 13.3. The van der Waals surface area contributed by atoms with E-state index in [1.54, 1.807) is 0 Å². The van der Waals surface area contributed by atoms with Gasteiger partial charge in [-0.05, 0) is 52.9 Å². The topological polar surface area (TPSA) is 66.4 Å². The normalized spacial score (nSPS) is 21.7. The molecule has 0 aliphatic heterocycles. The first-order valence-electron chi connectivity index (χ1n) is 6.45. The summed E-state index contributed by atoms with van der Waals surface area (Å²) in [5, 5.41) is 11.8. The second kappa shape index (κ2) is 6.35. The van der Waals surface area contributed by atoms with E-state index in [9.17, 15) is 14.0 Å². The third kappa shape index (κ3) is 3.36. The highest BCUT2D eigenvalue weighted by Crippen LogP contribution is 2.31. The second-order valence-corrected chi connectivity index (χ2v) is 5.83. The molecule has 2 N–H and O–H groups in total. The molecule has 0 spiro atoms. The summed E-state index contributed by atoms with van der Waals surface area (Å²) >= 11 is 3.03. The van der Waals surface area contributed by atoms with Crippen LogP contribution in [0, 0.1) is 17.7 Å². The van der Waals surface area contributed by atoms with Crippen LogP contribution in [-0.2, 0) is 4.79 Å². The van der Waals surface area contributed by atoms with Gasteiger partial charge in [-0.1, -0.05) is 6.42 Å². The summed E-state index contributed by atoms with van der Waals surface area (Å²) in [5.74, 6) is -1.95. The molecule has 1 saturated carbocycles. The fourth-order valence-corrected chi connectivity index (χ4v) is 2.95. The van der Waals surface area contributed by atoms with Gasteiger partial charge in [0.2, 0.25) is 0 Å². The number of carbonyl (C=O) groups excluding carboxylic acids is 1. The van der Waals surface area contributed by atoms with E-state index in [-0.39, 0.29) is 22.2 Å². The van der Waals surface area contributed by atoms with Crippen LogP contribution in [-0.4, -0.2) is 23.5 Å². The van der Waals surface area contributed by atoms with E-state index in [0.717, 1.165) is 12.8 Å². The lowest BCUT2D eigenvalue weighted by Crippen LogP contribution is -2.33. The maximum Gasteiger partial charge on any atom is 0.306 e. The minimum atomic E-state index is -0.800. The van der Waals surface area contributed by atoms with Gasteiger partial charge in [-0.3, -0.25) is 9.59 Å². The standard InChI is InChI=1S/C14H15BrFNO3/c15-11-6-8(4-5-12(11)16)13(18)17-7-9-2-1-3-10(9)14(19)20/h4-6,9-10H,1-3,7H2,(H,17,18)(H,19,20). The van der Waals surface area contributed by atoms with Crippen molar-refractivity contribution in [2.75, 3.05) is 6.54 Å². The average molecular weight is 344 g/mol. The lowest BCUT2D eigenvalue weighted by Gasteiger charge is -2.16. The van der Waals surface area contributed by atoms with Gasteiger partial charge in [0.05, 0.1) is 10.4 Å². The summed E-state index contributed by atoms with van der Waals surface area (Å²) in [6.07, 6.45) is 2.35. The van der Waals surface area contributed by atoms with E-state index in [2.05, 4.69) is 21.2 Å². The molecule has 1 amide bonds. The number of amides is 1. The molecule has 4 nitrogen and oxygen atoms in total. The molecule has 2 atom stereocenters. The van der Waals surface area contributed by atoms with E-state index < -0.39 is 11.8 Å². The number of carbonyl (C=O) groups is 2. The molecule has 1 fully saturated rings. The van der Waals surface area contributed by atoms with Crippen molar-refractivity contribution in [3.05, 3.63) is 34.1 Å². The molecule has 0 bridgehead atoms. The number of hydrogen-bond donors (Lipinski definition) is 2. The van der Waals surface area contributed by atoms with Gasteiger partial charge in [-0.2, -0.15) is 0 Å². The minimum absolute atomic E-state index is 0.0275. The maximum atomic E-state index is 13.1. The molecule has 0 aromatic heterocycles. The van der Waals surface area contributed by atoms with Crippen LogP contribution < -0.4 is 5.32 Å². The quantitative estimate of drug-likeness (QED) is 0.883. The van der Waals surface area contributed by atoms with E-state index in [1.165, 1.54) is 18.2 Å². The molecule has 0 radical (unpaired) electrons. The summed E-state index contributed by atoms with van der Waals surface area (Å²) in [6, 6.07) is 4.03. The smallest absolute Gasteiger partial charge is 0.306 e. The number of carboxylic acids is 1. The number of carboxylic acid groups (broad SMARTS) is 1. The molecule has 108 valence electrons. The molecular weight excluding hydrogens is 329 g/mol. The van der Waals surface area contributed by atoms with Crippen molar-refractivity contribution in [3.8, 4) is 0 Å². The summed E-state index contributed by atoms with van der Waals surface area (Å²) in [4.78, 5) is 23.0. The Balaban J connectivity index is 1.95. The number of hydrogen-bond acceptors (Lipinski definition) is 2. The van der Waals surface area contributed by atoms with Crippen LogP contribution in [0.5, 0.6) is 0 Å². The first-order valence-corrected chi connectivity index (χ1v) is 7.24. The molecule has 1 aliphatic carbocycles. The Kier molecular flexibility index (Phi) is 4.75. The van der Waals surface area contributed by atoms with E-state index in [4.69, 9.17) is 5.11 Å². The van der Waals surface area contributed by atoms with E-state index in [0.29, 0.717) is 18.5 Å². The Bertz CT molecular complexity index is 535. The predicted octanol–water partition coefficient (Wildman–Crippen LogP) is 2.82. The van der Waals surface area contributed by atoms with Crippen molar-refractivity contribution in [2.45, 2.75) is 19.3 Å². The fraction of sp³-hybridized carbons (Fsp3) is 0.429. The second-order valence-electron chi connectivity index (χ2n) is 4.97. The van der Waals surface area contributed by atoms with Crippen LogP contribution in [0.25, 0.3) is 0 Å². The molecule has 20 heavy (non-hydrogen) atoms. The Morgan fingerprint density at radius 2 is 2.15 bits per heavy atom. The van der Waals surface area contributed by atoms with Crippen LogP contribution in [0.15, 0.2) is 22.7 Å². The molecule has 1 aliphatic rings. The average Bonchev–Trinajstić information content (AvgIpc) is 2.87. The van der Waals surface area contributed by atoms with Crippen molar-refractivity contribution >= 4 is 27.8 Å². The molecule has 0 heterocycles. The largest absolute Gasteiger partial charge is 0.481 e. The number of rotatable bonds is 4. The van der Waals surface area contributed by atoms with Crippen LogP contribution in [0.2, 0.25) is 0 Å². The Labute approximate surface area is 124 Å². The van der Waals surface area contributed by atoms with Crippen molar-refractivity contribution in [2.24, 2.45) is 11.8 Å². The predicted molar refractivity (Wildman–Crippen MR) is 74.9 cm³/mol. The van der Waals surface area contributed by atoms with Crippen molar-refractivity contribution < 1.29 is 19.1 Å². The van der Waals surface area contributed by atoms with Gasteiger partial charge >= 0.3 is 5.97 Å². The van der Waals surface area contributed by atoms with Crippen LogP contribution >= 0.6 is 15.9 Å². The minimum Gasteiger partial charge on any atom is -0.481 e. The van der Waals surface area contributed by atoms with Crippen molar-refractivity contribution in [1.82, 2.24) is 5.32 Å². The Morgan fingerprint density at radius 1 is 1.40 bits per heavy atom. The SMILES string of the molecule is O=C(NCC1CCCC1C(=O)O)c1ccc(F)c(Br)c1. The highest BCUT2D eigenvalue weighted by atomic mass is 79.9. The number of halogens is 2. The molecular formula is C14H15BrFNO3. The van der Waals surface area contributed by atoms with Gasteiger partial charge in [-0.15, -0.1) is 0 Å². The number of aliphatic carboxylic acids is 1. The summed E-state index contributed by atoms with van der Waals surface area (Å²) in [5.41, 5.74) is 0.350. The van der Waals surface area contributed by atoms with Crippen LogP contribution in [0.1, 0.15) is 29.6 Å². The maximum absolute atomic E-state index is 13.1. The lowest BCUT2D eigenvalue weighted by molar-refractivity contribution is -0.142. The first-order chi connectivity index (χ1) is 9.49. The van der Waals surface area contributed by atoms with Crippen LogP contribution in [0.3, 0.4) is 0 Å². The Morgan fingerprint density at radius 3 is 2.80 bits per heavy atom. The summed E-state index contributed by atoms with van der Waals surface area (Å²) in [7, 11) is 0. The molecule has 2 unspecified atom stereocenters. The van der Waals surface area contributed by atoms with Crippen LogP contribution in [0.4, 0.5) is 4.39 Å². The van der Waals surface area contributed by atoms with E-state index >= 15 is 0 Å². The first kappa shape index (κ1) is 15.0. The van der Waals surface area contributed by atoms with Crippen molar-refractivity contribution in [3.63, 3.8) is 0 Å². The van der Waals surface area contributed by atoms with Gasteiger partial charge in [0.25, 0.3) is 5.91 Å². The highest BCUT2D eigenvalue weighted by molar-refractivity contribution is 9.10. The number of nitrogens with one attached hydrogen (secondary N) is 1. The number of benzene rings is 1. The van der Waals surface area contributed by atoms with Gasteiger partial charge < -0.3 is 10.4 Å². The van der Waals surface area contributed by atoms with Gasteiger partial charge in [-0.25, -0.2) is 4.39 Å².